The van der Waals surface area contributed by atoms with E-state index in [1.807, 2.05) is 55.1 Å². The minimum absolute atomic E-state index is 0.00797. The highest BCUT2D eigenvalue weighted by molar-refractivity contribution is 5.99. The molecule has 6 nitrogen and oxygen atoms in total. The van der Waals surface area contributed by atoms with E-state index < -0.39 is 5.82 Å². The van der Waals surface area contributed by atoms with Gasteiger partial charge in [-0.15, -0.1) is 0 Å². The molecule has 1 saturated heterocycles. The predicted octanol–water partition coefficient (Wildman–Crippen LogP) is 5.88. The van der Waals surface area contributed by atoms with Gasteiger partial charge in [0.15, 0.2) is 0 Å². The van der Waals surface area contributed by atoms with Crippen LogP contribution >= 0.6 is 0 Å². The smallest absolute Gasteiger partial charge is 0.256 e. The first kappa shape index (κ1) is 26.8. The van der Waals surface area contributed by atoms with Crippen molar-refractivity contribution in [1.82, 2.24) is 19.4 Å². The Morgan fingerprint density at radius 2 is 1.95 bits per heavy atom. The molecule has 0 unspecified atom stereocenters. The molecule has 1 aliphatic rings. The Labute approximate surface area is 229 Å². The van der Waals surface area contributed by atoms with E-state index >= 15 is 0 Å². The first-order chi connectivity index (χ1) is 18.9. The summed E-state index contributed by atoms with van der Waals surface area (Å²) in [6.07, 6.45) is 9.63. The summed E-state index contributed by atoms with van der Waals surface area (Å²) in [7, 11) is 1.75. The highest BCUT2D eigenvalue weighted by Crippen LogP contribution is 2.36. The third-order valence-corrected chi connectivity index (χ3v) is 8.01. The highest BCUT2D eigenvalue weighted by atomic mass is 19.1. The van der Waals surface area contributed by atoms with Crippen molar-refractivity contribution in [2.45, 2.75) is 45.1 Å². The number of hydrogen-bond donors (Lipinski definition) is 0. The number of piperidine rings is 1. The number of rotatable bonds is 8. The average Bonchev–Trinajstić information content (AvgIpc) is 3.35. The fourth-order valence-electron chi connectivity index (χ4n) is 5.52. The molecular weight excluding hydrogens is 491 g/mol. The molecule has 2 aromatic carbocycles. The van der Waals surface area contributed by atoms with Crippen molar-refractivity contribution in [3.05, 3.63) is 95.2 Å². The number of benzene rings is 2. The standard InChI is InChI=1S/C32H35FN4O2/c1-22(2)35(3)32(39)28-18-26(33)7-8-30(28)37-20-29(27-9-13-34-19-31(27)37)25-11-15-36(16-12-25)14-10-23-5-4-6-24(17-23)21-38/h4-9,13,17-22,25H,10-12,14-16H2,1-3H3. The number of carbonyl (C=O) groups excluding carboxylic acids is 2. The number of hydrogen-bond acceptors (Lipinski definition) is 4. The Morgan fingerprint density at radius 1 is 1.15 bits per heavy atom. The number of fused-ring (bicyclic) bond motifs is 1. The third-order valence-electron chi connectivity index (χ3n) is 8.01. The number of pyridine rings is 1. The number of halogens is 1. The van der Waals surface area contributed by atoms with E-state index in [2.05, 4.69) is 22.1 Å². The molecule has 1 amide bonds. The van der Waals surface area contributed by atoms with Crippen LogP contribution in [-0.2, 0) is 6.42 Å². The van der Waals surface area contributed by atoms with Gasteiger partial charge in [0.25, 0.3) is 5.91 Å². The van der Waals surface area contributed by atoms with Crippen molar-refractivity contribution in [1.29, 1.82) is 0 Å². The Bertz CT molecular complexity index is 1490. The van der Waals surface area contributed by atoms with E-state index in [0.717, 1.165) is 61.6 Å². The largest absolute Gasteiger partial charge is 0.339 e. The molecule has 0 bridgehead atoms. The van der Waals surface area contributed by atoms with Crippen molar-refractivity contribution >= 4 is 23.1 Å². The van der Waals surface area contributed by atoms with Gasteiger partial charge in [-0.1, -0.05) is 18.2 Å². The minimum Gasteiger partial charge on any atom is -0.339 e. The molecule has 0 N–H and O–H groups in total. The Kier molecular flexibility index (Phi) is 7.89. The van der Waals surface area contributed by atoms with Crippen LogP contribution in [0.15, 0.2) is 67.1 Å². The SMILES string of the molecule is CC(C)N(C)C(=O)c1cc(F)ccc1-n1cc(C2CCN(CCc3cccc(C=O)c3)CC2)c2ccncc21. The van der Waals surface area contributed by atoms with Crippen molar-refractivity contribution in [3.63, 3.8) is 0 Å². The van der Waals surface area contributed by atoms with E-state index in [1.165, 1.54) is 23.3 Å². The van der Waals surface area contributed by atoms with Gasteiger partial charge in [0.2, 0.25) is 0 Å². The molecule has 1 aliphatic heterocycles. The molecule has 202 valence electrons. The lowest BCUT2D eigenvalue weighted by Gasteiger charge is -2.32. The lowest BCUT2D eigenvalue weighted by molar-refractivity contribution is 0.0754. The molecule has 2 aromatic heterocycles. The number of carbonyl (C=O) groups is 2. The number of aldehydes is 1. The molecule has 39 heavy (non-hydrogen) atoms. The van der Waals surface area contributed by atoms with Crippen LogP contribution in [0.2, 0.25) is 0 Å². The van der Waals surface area contributed by atoms with Gasteiger partial charge in [-0.25, -0.2) is 4.39 Å². The molecule has 0 atom stereocenters. The zero-order chi connectivity index (χ0) is 27.5. The van der Waals surface area contributed by atoms with Crippen molar-refractivity contribution in [3.8, 4) is 5.69 Å². The fraction of sp³-hybridized carbons (Fsp3) is 0.344. The molecule has 7 heteroatoms. The quantitative estimate of drug-likeness (QED) is 0.269. The lowest BCUT2D eigenvalue weighted by Crippen LogP contribution is -2.34. The van der Waals surface area contributed by atoms with Gasteiger partial charge in [0, 0.05) is 43.0 Å². The number of aromatic nitrogens is 2. The van der Waals surface area contributed by atoms with Crippen LogP contribution in [-0.4, -0.2) is 64.3 Å². The second-order valence-corrected chi connectivity index (χ2v) is 10.7. The van der Waals surface area contributed by atoms with Gasteiger partial charge in [0.05, 0.1) is 23.0 Å². The highest BCUT2D eigenvalue weighted by Gasteiger charge is 2.26. The van der Waals surface area contributed by atoms with Crippen LogP contribution < -0.4 is 0 Å². The normalized spacial score (nSPS) is 14.7. The first-order valence-corrected chi connectivity index (χ1v) is 13.6. The van der Waals surface area contributed by atoms with Gasteiger partial charge >= 0.3 is 0 Å². The Hall–Kier alpha value is -3.84. The number of amides is 1. The maximum Gasteiger partial charge on any atom is 0.256 e. The molecule has 0 aliphatic carbocycles. The monoisotopic (exact) mass is 526 g/mol. The second-order valence-electron chi connectivity index (χ2n) is 10.7. The summed E-state index contributed by atoms with van der Waals surface area (Å²) in [6.45, 7) is 6.84. The summed E-state index contributed by atoms with van der Waals surface area (Å²) >= 11 is 0. The van der Waals surface area contributed by atoms with E-state index in [-0.39, 0.29) is 11.9 Å². The van der Waals surface area contributed by atoms with Gasteiger partial charge in [-0.2, -0.15) is 0 Å². The zero-order valence-electron chi connectivity index (χ0n) is 22.8. The second kappa shape index (κ2) is 11.5. The third kappa shape index (κ3) is 5.64. The molecule has 0 radical (unpaired) electrons. The minimum atomic E-state index is -0.431. The maximum absolute atomic E-state index is 14.3. The van der Waals surface area contributed by atoms with Crippen molar-refractivity contribution in [2.24, 2.45) is 0 Å². The average molecular weight is 527 g/mol. The van der Waals surface area contributed by atoms with Gasteiger partial charge < -0.3 is 14.4 Å². The van der Waals surface area contributed by atoms with Gasteiger partial charge in [-0.3, -0.25) is 14.6 Å². The molecule has 4 aromatic rings. The van der Waals surface area contributed by atoms with Gasteiger partial charge in [0.1, 0.15) is 12.1 Å². The topological polar surface area (TPSA) is 58.4 Å². The number of nitrogens with zero attached hydrogens (tertiary/aromatic N) is 4. The van der Waals surface area contributed by atoms with Crippen LogP contribution in [0.1, 0.15) is 64.4 Å². The summed E-state index contributed by atoms with van der Waals surface area (Å²) < 4.78 is 16.3. The molecule has 0 spiro atoms. The van der Waals surface area contributed by atoms with Crippen molar-refractivity contribution < 1.29 is 14.0 Å². The maximum atomic E-state index is 14.3. The van der Waals surface area contributed by atoms with Crippen LogP contribution in [0.4, 0.5) is 4.39 Å². The summed E-state index contributed by atoms with van der Waals surface area (Å²) in [5.74, 6) is -0.262. The van der Waals surface area contributed by atoms with Gasteiger partial charge in [-0.05, 0) is 93.6 Å². The molecule has 5 rings (SSSR count). The summed E-state index contributed by atoms with van der Waals surface area (Å²) in [5, 5.41) is 1.12. The summed E-state index contributed by atoms with van der Waals surface area (Å²) in [4.78, 5) is 32.9. The first-order valence-electron chi connectivity index (χ1n) is 13.6. The van der Waals surface area contributed by atoms with E-state index in [0.29, 0.717) is 17.2 Å². The zero-order valence-corrected chi connectivity index (χ0v) is 22.8. The van der Waals surface area contributed by atoms with E-state index in [1.54, 1.807) is 18.0 Å². The Balaban J connectivity index is 1.38. The summed E-state index contributed by atoms with van der Waals surface area (Å²) in [6, 6.07) is 14.3. The van der Waals surface area contributed by atoms with Crippen LogP contribution in [0.3, 0.4) is 0 Å². The van der Waals surface area contributed by atoms with Crippen LogP contribution in [0, 0.1) is 5.82 Å². The van der Waals surface area contributed by atoms with E-state index in [4.69, 9.17) is 0 Å². The van der Waals surface area contributed by atoms with Crippen LogP contribution in [0.5, 0.6) is 0 Å². The molecule has 1 fully saturated rings. The predicted molar refractivity (Wildman–Crippen MR) is 152 cm³/mol. The van der Waals surface area contributed by atoms with Crippen molar-refractivity contribution in [2.75, 3.05) is 26.7 Å². The summed E-state index contributed by atoms with van der Waals surface area (Å²) in [5.41, 5.74) is 5.06. The lowest BCUT2D eigenvalue weighted by atomic mass is 9.89. The molecule has 0 saturated carbocycles. The molecule has 3 heterocycles. The Morgan fingerprint density at radius 3 is 2.69 bits per heavy atom. The number of likely N-dealkylation sites (tertiary alicyclic amines) is 1. The van der Waals surface area contributed by atoms with E-state index in [9.17, 15) is 14.0 Å². The molecular formula is C32H35FN4O2. The fourth-order valence-corrected chi connectivity index (χ4v) is 5.52. The van der Waals surface area contributed by atoms with Crippen LogP contribution in [0.25, 0.3) is 16.6 Å².